The minimum atomic E-state index is 0.981. The van der Waals surface area contributed by atoms with Crippen molar-refractivity contribution in [2.24, 2.45) is 5.92 Å². The molecule has 0 aromatic rings. The van der Waals surface area contributed by atoms with Crippen molar-refractivity contribution in [1.82, 2.24) is 0 Å². The molecule has 0 saturated heterocycles. The summed E-state index contributed by atoms with van der Waals surface area (Å²) in [5.41, 5.74) is 0. The lowest BCUT2D eigenvalue weighted by molar-refractivity contribution is 0.408. The van der Waals surface area contributed by atoms with E-state index < -0.39 is 0 Å². The van der Waals surface area contributed by atoms with Crippen molar-refractivity contribution in [3.8, 4) is 11.8 Å². The fraction of sp³-hybridized carbons (Fsp3) is 0.818. The van der Waals surface area contributed by atoms with Gasteiger partial charge in [0.2, 0.25) is 0 Å². The third-order valence-corrected chi connectivity index (χ3v) is 2.41. The van der Waals surface area contributed by atoms with Crippen LogP contribution in [0.15, 0.2) is 0 Å². The molecular formula is C11H18. The normalized spacial score (nSPS) is 24.6. The van der Waals surface area contributed by atoms with E-state index in [2.05, 4.69) is 18.8 Å². The minimum absolute atomic E-state index is 0.981. The van der Waals surface area contributed by atoms with E-state index in [0.29, 0.717) is 0 Å². The largest absolute Gasteiger partial charge is 0.103 e. The fourth-order valence-corrected chi connectivity index (χ4v) is 1.77. The van der Waals surface area contributed by atoms with Crippen LogP contribution in [0.25, 0.3) is 0 Å². The molecular weight excluding hydrogens is 132 g/mol. The fourth-order valence-electron chi connectivity index (χ4n) is 1.77. The van der Waals surface area contributed by atoms with Crippen LogP contribution in [-0.2, 0) is 0 Å². The first-order chi connectivity index (χ1) is 5.43. The molecule has 0 aliphatic heterocycles. The lowest BCUT2D eigenvalue weighted by atomic mass is 9.91. The third kappa shape index (κ3) is 3.46. The predicted octanol–water partition coefficient (Wildman–Crippen LogP) is 3.37. The molecule has 0 aromatic carbocycles. The first-order valence-electron chi connectivity index (χ1n) is 4.89. The average Bonchev–Trinajstić information content (AvgIpc) is 1.94. The molecule has 0 bridgehead atoms. The zero-order valence-corrected chi connectivity index (χ0v) is 7.53. The topological polar surface area (TPSA) is 0 Å². The van der Waals surface area contributed by atoms with Gasteiger partial charge in [0.1, 0.15) is 0 Å². The Morgan fingerprint density at radius 3 is 2.82 bits per heavy atom. The third-order valence-electron chi connectivity index (χ3n) is 2.41. The number of hydrogen-bond acceptors (Lipinski definition) is 0. The Labute approximate surface area is 70.4 Å². The molecule has 0 fully saturated rings. The molecule has 0 N–H and O–H groups in total. The van der Waals surface area contributed by atoms with Gasteiger partial charge in [0.25, 0.3) is 0 Å². The van der Waals surface area contributed by atoms with Crippen molar-refractivity contribution in [3.63, 3.8) is 0 Å². The first-order valence-corrected chi connectivity index (χ1v) is 4.89. The van der Waals surface area contributed by atoms with Gasteiger partial charge in [-0.1, -0.05) is 19.8 Å². The smallest absolute Gasteiger partial charge is 0.00913 e. The molecule has 0 heterocycles. The average molecular weight is 150 g/mol. The van der Waals surface area contributed by atoms with Gasteiger partial charge in [-0.25, -0.2) is 0 Å². The molecule has 0 spiro atoms. The molecule has 62 valence electrons. The van der Waals surface area contributed by atoms with E-state index in [1.165, 1.54) is 32.1 Å². The molecule has 0 nitrogen and oxygen atoms in total. The van der Waals surface area contributed by atoms with E-state index >= 15 is 0 Å². The van der Waals surface area contributed by atoms with E-state index in [4.69, 9.17) is 0 Å². The van der Waals surface area contributed by atoms with Gasteiger partial charge < -0.3 is 0 Å². The molecule has 0 radical (unpaired) electrons. The van der Waals surface area contributed by atoms with E-state index in [-0.39, 0.29) is 0 Å². The van der Waals surface area contributed by atoms with Gasteiger partial charge in [-0.15, -0.1) is 11.8 Å². The maximum Gasteiger partial charge on any atom is 0.00913 e. The SMILES string of the molecule is CCCC1CCC#CCCC1. The Morgan fingerprint density at radius 2 is 2.00 bits per heavy atom. The lowest BCUT2D eigenvalue weighted by Gasteiger charge is -2.14. The van der Waals surface area contributed by atoms with Gasteiger partial charge in [0.15, 0.2) is 0 Å². The minimum Gasteiger partial charge on any atom is -0.103 e. The van der Waals surface area contributed by atoms with Crippen LogP contribution in [0, 0.1) is 17.8 Å². The molecule has 1 atom stereocenters. The van der Waals surface area contributed by atoms with Crippen molar-refractivity contribution in [2.45, 2.75) is 51.9 Å². The van der Waals surface area contributed by atoms with E-state index in [9.17, 15) is 0 Å². The maximum atomic E-state index is 3.23. The predicted molar refractivity (Wildman–Crippen MR) is 49.3 cm³/mol. The van der Waals surface area contributed by atoms with Gasteiger partial charge in [0.05, 0.1) is 0 Å². The Hall–Kier alpha value is -0.440. The Morgan fingerprint density at radius 1 is 1.18 bits per heavy atom. The zero-order valence-electron chi connectivity index (χ0n) is 7.53. The highest BCUT2D eigenvalue weighted by molar-refractivity contribution is 5.00. The lowest BCUT2D eigenvalue weighted by Crippen LogP contribution is -2.01. The highest BCUT2D eigenvalue weighted by Gasteiger charge is 2.07. The summed E-state index contributed by atoms with van der Waals surface area (Å²) in [6.45, 7) is 2.28. The number of rotatable bonds is 2. The van der Waals surface area contributed by atoms with Gasteiger partial charge in [-0.3, -0.25) is 0 Å². The monoisotopic (exact) mass is 150 g/mol. The summed E-state index contributed by atoms with van der Waals surface area (Å²) >= 11 is 0. The van der Waals surface area contributed by atoms with Gasteiger partial charge in [-0.2, -0.15) is 0 Å². The van der Waals surface area contributed by atoms with Crippen LogP contribution in [0.5, 0.6) is 0 Å². The van der Waals surface area contributed by atoms with Crippen molar-refractivity contribution < 1.29 is 0 Å². The molecule has 1 aliphatic rings. The number of hydrogen-bond donors (Lipinski definition) is 0. The van der Waals surface area contributed by atoms with Crippen LogP contribution in [0.1, 0.15) is 51.9 Å². The maximum absolute atomic E-state index is 3.23. The quantitative estimate of drug-likeness (QED) is 0.529. The van der Waals surface area contributed by atoms with Crippen molar-refractivity contribution >= 4 is 0 Å². The second-order valence-electron chi connectivity index (χ2n) is 3.44. The summed E-state index contributed by atoms with van der Waals surface area (Å²) in [6.07, 6.45) is 9.14. The van der Waals surface area contributed by atoms with Gasteiger partial charge in [-0.05, 0) is 25.2 Å². The van der Waals surface area contributed by atoms with E-state index in [0.717, 1.165) is 18.8 Å². The molecule has 0 saturated carbocycles. The Kier molecular flexibility index (Phi) is 4.12. The van der Waals surface area contributed by atoms with Crippen LogP contribution in [0.3, 0.4) is 0 Å². The van der Waals surface area contributed by atoms with Crippen molar-refractivity contribution in [3.05, 3.63) is 0 Å². The summed E-state index contributed by atoms with van der Waals surface area (Å²) in [7, 11) is 0. The van der Waals surface area contributed by atoms with Crippen LogP contribution < -0.4 is 0 Å². The summed E-state index contributed by atoms with van der Waals surface area (Å²) in [5.74, 6) is 7.41. The van der Waals surface area contributed by atoms with Gasteiger partial charge >= 0.3 is 0 Å². The van der Waals surface area contributed by atoms with E-state index in [1.54, 1.807) is 0 Å². The second-order valence-corrected chi connectivity index (χ2v) is 3.44. The van der Waals surface area contributed by atoms with Crippen LogP contribution in [0.2, 0.25) is 0 Å². The Bertz CT molecular complexity index is 147. The molecule has 0 aromatic heterocycles. The highest BCUT2D eigenvalue weighted by atomic mass is 14.1. The van der Waals surface area contributed by atoms with E-state index in [1.807, 2.05) is 0 Å². The summed E-state index contributed by atoms with van der Waals surface area (Å²) in [4.78, 5) is 0. The Balaban J connectivity index is 2.27. The van der Waals surface area contributed by atoms with Crippen LogP contribution in [0.4, 0.5) is 0 Å². The summed E-state index contributed by atoms with van der Waals surface area (Å²) < 4.78 is 0. The van der Waals surface area contributed by atoms with Gasteiger partial charge in [0, 0.05) is 12.8 Å². The first kappa shape index (κ1) is 8.65. The van der Waals surface area contributed by atoms with Crippen LogP contribution >= 0.6 is 0 Å². The standard InChI is InChI=1S/C11H18/c1-2-8-11-9-6-4-3-5-7-10-11/h11H,2,4,6-10H2,1H3. The van der Waals surface area contributed by atoms with Crippen molar-refractivity contribution in [1.29, 1.82) is 0 Å². The molecule has 0 amide bonds. The molecule has 11 heavy (non-hydrogen) atoms. The zero-order chi connectivity index (χ0) is 7.94. The molecule has 1 rings (SSSR count). The second kappa shape index (κ2) is 5.24. The molecule has 0 heteroatoms. The highest BCUT2D eigenvalue weighted by Crippen LogP contribution is 2.20. The molecule has 1 aliphatic carbocycles. The van der Waals surface area contributed by atoms with Crippen LogP contribution in [-0.4, -0.2) is 0 Å². The summed E-state index contributed by atoms with van der Waals surface area (Å²) in [5, 5.41) is 0. The van der Waals surface area contributed by atoms with Crippen molar-refractivity contribution in [2.75, 3.05) is 0 Å². The summed E-state index contributed by atoms with van der Waals surface area (Å²) in [6, 6.07) is 0. The molecule has 1 unspecified atom stereocenters.